The highest BCUT2D eigenvalue weighted by molar-refractivity contribution is 5.88. The molecule has 0 aliphatic heterocycles. The Morgan fingerprint density at radius 1 is 1.32 bits per heavy atom. The van der Waals surface area contributed by atoms with Gasteiger partial charge in [-0.1, -0.05) is 25.8 Å². The summed E-state index contributed by atoms with van der Waals surface area (Å²) in [6.45, 7) is 2.55. The van der Waals surface area contributed by atoms with Crippen molar-refractivity contribution in [2.45, 2.75) is 39.0 Å². The Kier molecular flexibility index (Phi) is 5.06. The highest BCUT2D eigenvalue weighted by atomic mass is 16.5. The van der Waals surface area contributed by atoms with Crippen molar-refractivity contribution >= 4 is 11.9 Å². The van der Waals surface area contributed by atoms with Crippen LogP contribution in [-0.4, -0.2) is 30.6 Å². The first-order chi connectivity index (χ1) is 10.5. The van der Waals surface area contributed by atoms with E-state index in [1.54, 1.807) is 12.1 Å². The number of ether oxygens (including phenoxy) is 1. The predicted octanol–water partition coefficient (Wildman–Crippen LogP) is 2.63. The molecular weight excluding hydrogens is 282 g/mol. The van der Waals surface area contributed by atoms with Gasteiger partial charge in [0.1, 0.15) is 5.75 Å². The molecule has 0 heterocycles. The van der Waals surface area contributed by atoms with Gasteiger partial charge in [0.2, 0.25) is 5.91 Å². The van der Waals surface area contributed by atoms with Crippen molar-refractivity contribution in [1.29, 1.82) is 0 Å². The van der Waals surface area contributed by atoms with Gasteiger partial charge in [-0.05, 0) is 37.0 Å². The van der Waals surface area contributed by atoms with E-state index < -0.39 is 5.97 Å². The number of aromatic carboxylic acids is 1. The molecule has 0 radical (unpaired) electrons. The van der Waals surface area contributed by atoms with Gasteiger partial charge in [-0.2, -0.15) is 0 Å². The predicted molar refractivity (Wildman–Crippen MR) is 83.2 cm³/mol. The van der Waals surface area contributed by atoms with Crippen LogP contribution in [0, 0.1) is 5.41 Å². The highest BCUT2D eigenvalue weighted by Gasteiger charge is 2.35. The lowest BCUT2D eigenvalue weighted by Gasteiger charge is -2.22. The van der Waals surface area contributed by atoms with Gasteiger partial charge in [-0.15, -0.1) is 0 Å². The Bertz CT molecular complexity index is 562. The van der Waals surface area contributed by atoms with E-state index in [4.69, 9.17) is 9.84 Å². The average Bonchev–Trinajstić information content (AvgIpc) is 2.95. The number of methoxy groups -OCH3 is 1. The molecule has 22 heavy (non-hydrogen) atoms. The summed E-state index contributed by atoms with van der Waals surface area (Å²) in [7, 11) is 1.52. The van der Waals surface area contributed by atoms with Crippen molar-refractivity contribution in [3.63, 3.8) is 0 Å². The number of carbonyl (C=O) groups excluding carboxylic acids is 1. The molecule has 2 rings (SSSR count). The van der Waals surface area contributed by atoms with E-state index in [2.05, 4.69) is 5.32 Å². The quantitative estimate of drug-likeness (QED) is 0.847. The largest absolute Gasteiger partial charge is 0.496 e. The van der Waals surface area contributed by atoms with Crippen LogP contribution in [0.3, 0.4) is 0 Å². The first kappa shape index (κ1) is 16.3. The molecule has 120 valence electrons. The summed E-state index contributed by atoms with van der Waals surface area (Å²) >= 11 is 0. The van der Waals surface area contributed by atoms with Gasteiger partial charge in [0.15, 0.2) is 0 Å². The molecule has 0 spiro atoms. The summed E-state index contributed by atoms with van der Waals surface area (Å²) in [5.74, 6) is -0.320. The standard InChI is InChI=1S/C17H23NO4/c1-17(8-3-4-9-17)16(21)18-10-7-12-5-6-13(15(19)20)11-14(12)22-2/h5-6,11H,3-4,7-10H2,1-2H3,(H,18,21)(H,19,20). The molecule has 0 atom stereocenters. The normalized spacial score (nSPS) is 16.3. The molecule has 0 aromatic heterocycles. The zero-order valence-electron chi connectivity index (χ0n) is 13.1. The zero-order valence-corrected chi connectivity index (χ0v) is 13.1. The lowest BCUT2D eigenvalue weighted by molar-refractivity contribution is -0.129. The minimum atomic E-state index is -0.979. The molecule has 1 aliphatic rings. The van der Waals surface area contributed by atoms with Crippen LogP contribution < -0.4 is 10.1 Å². The van der Waals surface area contributed by atoms with Gasteiger partial charge < -0.3 is 15.2 Å². The maximum absolute atomic E-state index is 12.2. The van der Waals surface area contributed by atoms with E-state index in [0.29, 0.717) is 18.7 Å². The van der Waals surface area contributed by atoms with Crippen molar-refractivity contribution in [2.24, 2.45) is 5.41 Å². The van der Waals surface area contributed by atoms with Gasteiger partial charge in [0.25, 0.3) is 0 Å². The number of carbonyl (C=O) groups is 2. The Morgan fingerprint density at radius 2 is 2.00 bits per heavy atom. The minimum absolute atomic E-state index is 0.117. The van der Waals surface area contributed by atoms with E-state index in [1.165, 1.54) is 13.2 Å². The number of hydrogen-bond acceptors (Lipinski definition) is 3. The molecule has 5 heteroatoms. The first-order valence-electron chi connectivity index (χ1n) is 7.65. The third kappa shape index (κ3) is 3.59. The van der Waals surface area contributed by atoms with E-state index in [1.807, 2.05) is 6.92 Å². The third-order valence-electron chi connectivity index (χ3n) is 4.47. The first-order valence-corrected chi connectivity index (χ1v) is 7.65. The van der Waals surface area contributed by atoms with Crippen molar-refractivity contribution in [3.05, 3.63) is 29.3 Å². The van der Waals surface area contributed by atoms with Crippen molar-refractivity contribution < 1.29 is 19.4 Å². The maximum atomic E-state index is 12.2. The summed E-state index contributed by atoms with van der Waals surface area (Å²) in [5.41, 5.74) is 0.865. The molecule has 1 aliphatic carbocycles. The highest BCUT2D eigenvalue weighted by Crippen LogP contribution is 2.37. The van der Waals surface area contributed by atoms with Crippen LogP contribution >= 0.6 is 0 Å². The number of amides is 1. The lowest BCUT2D eigenvalue weighted by atomic mass is 9.88. The fourth-order valence-electron chi connectivity index (χ4n) is 2.99. The van der Waals surface area contributed by atoms with Crippen LogP contribution in [0.2, 0.25) is 0 Å². The SMILES string of the molecule is COc1cc(C(=O)O)ccc1CCNC(=O)C1(C)CCCC1. The summed E-state index contributed by atoms with van der Waals surface area (Å²) in [6.07, 6.45) is 4.76. The Hall–Kier alpha value is -2.04. The molecule has 0 bridgehead atoms. The second kappa shape index (κ2) is 6.81. The van der Waals surface area contributed by atoms with Gasteiger partial charge in [-0.3, -0.25) is 4.79 Å². The van der Waals surface area contributed by atoms with Gasteiger partial charge in [-0.25, -0.2) is 4.79 Å². The average molecular weight is 305 g/mol. The monoisotopic (exact) mass is 305 g/mol. The number of carboxylic acids is 1. The molecule has 1 amide bonds. The van der Waals surface area contributed by atoms with Crippen LogP contribution in [0.25, 0.3) is 0 Å². The van der Waals surface area contributed by atoms with E-state index >= 15 is 0 Å². The van der Waals surface area contributed by atoms with Gasteiger partial charge in [0, 0.05) is 12.0 Å². The maximum Gasteiger partial charge on any atom is 0.335 e. The second-order valence-electron chi connectivity index (χ2n) is 6.11. The van der Waals surface area contributed by atoms with Gasteiger partial charge in [0.05, 0.1) is 12.7 Å². The molecular formula is C17H23NO4. The summed E-state index contributed by atoms with van der Waals surface area (Å²) in [5, 5.41) is 12.0. The second-order valence-corrected chi connectivity index (χ2v) is 6.11. The van der Waals surface area contributed by atoms with Crippen LogP contribution in [-0.2, 0) is 11.2 Å². The molecule has 2 N–H and O–H groups in total. The summed E-state index contributed by atoms with van der Waals surface area (Å²) < 4.78 is 5.24. The Labute approximate surface area is 130 Å². The zero-order chi connectivity index (χ0) is 16.2. The van der Waals surface area contributed by atoms with E-state index in [9.17, 15) is 9.59 Å². The Morgan fingerprint density at radius 3 is 2.59 bits per heavy atom. The van der Waals surface area contributed by atoms with E-state index in [-0.39, 0.29) is 16.9 Å². The number of hydrogen-bond donors (Lipinski definition) is 2. The minimum Gasteiger partial charge on any atom is -0.496 e. The van der Waals surface area contributed by atoms with Crippen molar-refractivity contribution in [2.75, 3.05) is 13.7 Å². The molecule has 0 unspecified atom stereocenters. The smallest absolute Gasteiger partial charge is 0.335 e. The van der Waals surface area contributed by atoms with E-state index in [0.717, 1.165) is 31.2 Å². The molecule has 0 saturated heterocycles. The van der Waals surface area contributed by atoms with Gasteiger partial charge >= 0.3 is 5.97 Å². The number of benzene rings is 1. The number of carboxylic acid groups (broad SMARTS) is 1. The fraction of sp³-hybridized carbons (Fsp3) is 0.529. The third-order valence-corrected chi connectivity index (χ3v) is 4.47. The topological polar surface area (TPSA) is 75.6 Å². The van der Waals surface area contributed by atoms with Crippen LogP contribution in [0.15, 0.2) is 18.2 Å². The summed E-state index contributed by atoms with van der Waals surface area (Å²) in [6, 6.07) is 4.81. The molecule has 1 aromatic rings. The molecule has 1 fully saturated rings. The van der Waals surface area contributed by atoms with Crippen LogP contribution in [0.1, 0.15) is 48.5 Å². The molecule has 1 aromatic carbocycles. The Balaban J connectivity index is 1.94. The van der Waals surface area contributed by atoms with Crippen LogP contribution in [0.4, 0.5) is 0 Å². The summed E-state index contributed by atoms with van der Waals surface area (Å²) in [4.78, 5) is 23.2. The van der Waals surface area contributed by atoms with Crippen molar-refractivity contribution in [3.8, 4) is 5.75 Å². The molecule has 1 saturated carbocycles. The van der Waals surface area contributed by atoms with Crippen molar-refractivity contribution in [1.82, 2.24) is 5.32 Å². The lowest BCUT2D eigenvalue weighted by Crippen LogP contribution is -2.38. The fourth-order valence-corrected chi connectivity index (χ4v) is 2.99. The number of rotatable bonds is 6. The number of nitrogens with one attached hydrogen (secondary N) is 1. The van der Waals surface area contributed by atoms with Crippen LogP contribution in [0.5, 0.6) is 5.75 Å². The molecule has 5 nitrogen and oxygen atoms in total.